The molecule has 0 aromatic carbocycles. The van der Waals surface area contributed by atoms with E-state index in [-0.39, 0.29) is 5.91 Å². The van der Waals surface area contributed by atoms with Crippen LogP contribution < -0.4 is 5.32 Å². The van der Waals surface area contributed by atoms with Gasteiger partial charge in [-0.3, -0.25) is 9.89 Å². The summed E-state index contributed by atoms with van der Waals surface area (Å²) in [6.45, 7) is 2.51. The lowest BCUT2D eigenvalue weighted by atomic mass is 10.3. The summed E-state index contributed by atoms with van der Waals surface area (Å²) in [4.78, 5) is 12.9. The molecule has 0 aliphatic heterocycles. The van der Waals surface area contributed by atoms with E-state index in [4.69, 9.17) is 0 Å². The number of amides is 1. The molecule has 0 saturated carbocycles. The number of aromatic nitrogens is 2. The molecular weight excluding hydrogens is 222 g/mol. The van der Waals surface area contributed by atoms with E-state index in [1.165, 1.54) is 4.88 Å². The van der Waals surface area contributed by atoms with Crippen molar-refractivity contribution < 1.29 is 4.79 Å². The van der Waals surface area contributed by atoms with Crippen molar-refractivity contribution in [1.29, 1.82) is 0 Å². The summed E-state index contributed by atoms with van der Waals surface area (Å²) in [5.74, 6) is -0.124. The highest BCUT2D eigenvalue weighted by atomic mass is 32.1. The molecule has 0 spiro atoms. The van der Waals surface area contributed by atoms with Crippen molar-refractivity contribution in [2.24, 2.45) is 0 Å². The van der Waals surface area contributed by atoms with Crippen molar-refractivity contribution in [3.63, 3.8) is 0 Å². The molecule has 2 N–H and O–H groups in total. The fraction of sp³-hybridized carbons (Fsp3) is 0.273. The Hall–Kier alpha value is -1.62. The van der Waals surface area contributed by atoms with Gasteiger partial charge in [-0.15, -0.1) is 11.3 Å². The van der Waals surface area contributed by atoms with Crippen LogP contribution in [0.15, 0.2) is 23.6 Å². The zero-order chi connectivity index (χ0) is 11.4. The molecule has 2 heterocycles. The highest BCUT2D eigenvalue weighted by Gasteiger charge is 2.07. The summed E-state index contributed by atoms with van der Waals surface area (Å²) in [7, 11) is 0. The predicted molar refractivity (Wildman–Crippen MR) is 63.7 cm³/mol. The smallest absolute Gasteiger partial charge is 0.271 e. The quantitative estimate of drug-likeness (QED) is 0.848. The van der Waals surface area contributed by atoms with Gasteiger partial charge >= 0.3 is 0 Å². The van der Waals surface area contributed by atoms with Crippen LogP contribution in [0.2, 0.25) is 0 Å². The summed E-state index contributed by atoms with van der Waals surface area (Å²) in [5, 5.41) is 11.5. The van der Waals surface area contributed by atoms with E-state index in [9.17, 15) is 4.79 Å². The average molecular weight is 235 g/mol. The van der Waals surface area contributed by atoms with E-state index in [0.717, 1.165) is 12.1 Å². The van der Waals surface area contributed by atoms with E-state index < -0.39 is 0 Å². The minimum atomic E-state index is -0.124. The van der Waals surface area contributed by atoms with E-state index >= 15 is 0 Å². The molecule has 0 aliphatic carbocycles. The molecular formula is C11H13N3OS. The van der Waals surface area contributed by atoms with Gasteiger partial charge in [0.05, 0.1) is 0 Å². The van der Waals surface area contributed by atoms with Crippen LogP contribution in [-0.4, -0.2) is 22.6 Å². The summed E-state index contributed by atoms with van der Waals surface area (Å²) >= 11 is 1.70. The second kappa shape index (κ2) is 4.94. The predicted octanol–water partition coefficient (Wildman–Crippen LogP) is 1.75. The Morgan fingerprint density at radius 3 is 3.12 bits per heavy atom. The van der Waals surface area contributed by atoms with Gasteiger partial charge < -0.3 is 5.32 Å². The normalized spacial score (nSPS) is 10.3. The standard InChI is InChI=1S/C11H13N3OS/c1-8-7-10(14-13-8)11(15)12-5-4-9-3-2-6-16-9/h2-3,6-7H,4-5H2,1H3,(H,12,15)(H,13,14). The number of nitrogens with one attached hydrogen (secondary N) is 2. The number of aromatic amines is 1. The van der Waals surface area contributed by atoms with Gasteiger partial charge in [0, 0.05) is 17.1 Å². The third kappa shape index (κ3) is 2.70. The van der Waals surface area contributed by atoms with Crippen LogP contribution in [0.25, 0.3) is 0 Å². The number of carbonyl (C=O) groups is 1. The Morgan fingerprint density at radius 2 is 2.50 bits per heavy atom. The van der Waals surface area contributed by atoms with Crippen molar-refractivity contribution in [3.05, 3.63) is 39.8 Å². The molecule has 2 aromatic heterocycles. The molecule has 0 fully saturated rings. The Morgan fingerprint density at radius 1 is 1.62 bits per heavy atom. The number of aryl methyl sites for hydroxylation is 1. The first-order chi connectivity index (χ1) is 7.75. The second-order valence-corrected chi connectivity index (χ2v) is 4.55. The number of rotatable bonds is 4. The molecule has 1 amide bonds. The molecule has 0 atom stereocenters. The van der Waals surface area contributed by atoms with Gasteiger partial charge in [-0.25, -0.2) is 0 Å². The number of hydrogen-bond acceptors (Lipinski definition) is 3. The molecule has 2 aromatic rings. The Bertz CT molecular complexity index is 461. The van der Waals surface area contributed by atoms with E-state index in [1.807, 2.05) is 18.4 Å². The number of carbonyl (C=O) groups excluding carboxylic acids is 1. The number of thiophene rings is 1. The van der Waals surface area contributed by atoms with Gasteiger partial charge in [0.1, 0.15) is 5.69 Å². The van der Waals surface area contributed by atoms with E-state index in [0.29, 0.717) is 12.2 Å². The summed E-state index contributed by atoms with van der Waals surface area (Å²) in [6, 6.07) is 5.81. The second-order valence-electron chi connectivity index (χ2n) is 3.52. The molecule has 0 bridgehead atoms. The van der Waals surface area contributed by atoms with Crippen molar-refractivity contribution >= 4 is 17.2 Å². The van der Waals surface area contributed by atoms with Crippen LogP contribution >= 0.6 is 11.3 Å². The lowest BCUT2D eigenvalue weighted by molar-refractivity contribution is 0.0949. The molecule has 0 aliphatic rings. The van der Waals surface area contributed by atoms with Crippen LogP contribution in [0.3, 0.4) is 0 Å². The molecule has 2 rings (SSSR count). The molecule has 0 radical (unpaired) electrons. The molecule has 16 heavy (non-hydrogen) atoms. The minimum absolute atomic E-state index is 0.124. The first-order valence-electron chi connectivity index (χ1n) is 5.08. The van der Waals surface area contributed by atoms with Crippen molar-refractivity contribution in [2.75, 3.05) is 6.54 Å². The topological polar surface area (TPSA) is 57.8 Å². The van der Waals surface area contributed by atoms with Crippen LogP contribution in [0.4, 0.5) is 0 Å². The van der Waals surface area contributed by atoms with Crippen molar-refractivity contribution in [3.8, 4) is 0 Å². The zero-order valence-electron chi connectivity index (χ0n) is 8.99. The maximum atomic E-state index is 11.6. The van der Waals surface area contributed by atoms with Gasteiger partial charge in [-0.2, -0.15) is 5.10 Å². The van der Waals surface area contributed by atoms with E-state index in [2.05, 4.69) is 21.6 Å². The Balaban J connectivity index is 1.80. The minimum Gasteiger partial charge on any atom is -0.350 e. The Labute approximate surface area is 97.7 Å². The fourth-order valence-electron chi connectivity index (χ4n) is 1.38. The fourth-order valence-corrected chi connectivity index (χ4v) is 2.09. The number of nitrogens with zero attached hydrogens (tertiary/aromatic N) is 1. The molecule has 5 heteroatoms. The largest absolute Gasteiger partial charge is 0.350 e. The first kappa shape index (κ1) is 10.9. The van der Waals surface area contributed by atoms with Gasteiger partial charge in [0.2, 0.25) is 0 Å². The van der Waals surface area contributed by atoms with Crippen LogP contribution in [-0.2, 0) is 6.42 Å². The third-order valence-corrected chi connectivity index (χ3v) is 3.11. The lowest BCUT2D eigenvalue weighted by Crippen LogP contribution is -2.25. The van der Waals surface area contributed by atoms with Crippen LogP contribution in [0.5, 0.6) is 0 Å². The number of hydrogen-bond donors (Lipinski definition) is 2. The molecule has 84 valence electrons. The summed E-state index contributed by atoms with van der Waals surface area (Å²) in [6.07, 6.45) is 0.868. The van der Waals surface area contributed by atoms with Gasteiger partial charge in [0.15, 0.2) is 0 Å². The SMILES string of the molecule is Cc1cc(C(=O)NCCc2cccs2)n[nH]1. The highest BCUT2D eigenvalue weighted by molar-refractivity contribution is 7.09. The zero-order valence-corrected chi connectivity index (χ0v) is 9.80. The number of H-pyrrole nitrogens is 1. The molecule has 0 unspecified atom stereocenters. The maximum Gasteiger partial charge on any atom is 0.271 e. The van der Waals surface area contributed by atoms with Gasteiger partial charge in [0.25, 0.3) is 5.91 Å². The summed E-state index contributed by atoms with van der Waals surface area (Å²) in [5.41, 5.74) is 1.34. The monoisotopic (exact) mass is 235 g/mol. The Kier molecular flexibility index (Phi) is 3.36. The van der Waals surface area contributed by atoms with Crippen molar-refractivity contribution in [1.82, 2.24) is 15.5 Å². The lowest BCUT2D eigenvalue weighted by Gasteiger charge is -2.00. The van der Waals surface area contributed by atoms with E-state index in [1.54, 1.807) is 17.4 Å². The molecule has 4 nitrogen and oxygen atoms in total. The summed E-state index contributed by atoms with van der Waals surface area (Å²) < 4.78 is 0. The van der Waals surface area contributed by atoms with Gasteiger partial charge in [-0.1, -0.05) is 6.07 Å². The third-order valence-electron chi connectivity index (χ3n) is 2.18. The first-order valence-corrected chi connectivity index (χ1v) is 5.96. The van der Waals surface area contributed by atoms with Crippen LogP contribution in [0.1, 0.15) is 21.1 Å². The average Bonchev–Trinajstić information content (AvgIpc) is 2.89. The van der Waals surface area contributed by atoms with Gasteiger partial charge in [-0.05, 0) is 30.9 Å². The van der Waals surface area contributed by atoms with Crippen molar-refractivity contribution in [2.45, 2.75) is 13.3 Å². The maximum absolute atomic E-state index is 11.6. The van der Waals surface area contributed by atoms with Crippen LogP contribution in [0, 0.1) is 6.92 Å². The highest BCUT2D eigenvalue weighted by Crippen LogP contribution is 2.08. The molecule has 0 saturated heterocycles.